The molecule has 0 aromatic carbocycles. The van der Waals surface area contributed by atoms with E-state index in [2.05, 4.69) is 18.8 Å². The first-order valence-electron chi connectivity index (χ1n) is 4.66. The maximum Gasteiger partial charge on any atom is 0.120 e. The Morgan fingerprint density at radius 3 is 2.83 bits per heavy atom. The van der Waals surface area contributed by atoms with Crippen LogP contribution in [0, 0.1) is 0 Å². The molecule has 0 bridgehead atoms. The smallest absolute Gasteiger partial charge is 0.120 e. The third-order valence-corrected chi connectivity index (χ3v) is 1.72. The lowest BCUT2D eigenvalue weighted by molar-refractivity contribution is -0.107. The molecule has 0 aromatic heterocycles. The van der Waals surface area contributed by atoms with Gasteiger partial charge in [-0.3, -0.25) is 0 Å². The van der Waals surface area contributed by atoms with Crippen LogP contribution in [0.4, 0.5) is 0 Å². The van der Waals surface area contributed by atoms with E-state index in [1.165, 1.54) is 19.3 Å². The van der Waals surface area contributed by atoms with Crippen molar-refractivity contribution >= 4 is 6.29 Å². The van der Waals surface area contributed by atoms with Crippen LogP contribution >= 0.6 is 0 Å². The van der Waals surface area contributed by atoms with Gasteiger partial charge in [0.25, 0.3) is 0 Å². The molecule has 0 amide bonds. The molecule has 0 saturated heterocycles. The highest BCUT2D eigenvalue weighted by Crippen LogP contribution is 1.97. The van der Waals surface area contributed by atoms with Crippen molar-refractivity contribution in [2.45, 2.75) is 39.0 Å². The van der Waals surface area contributed by atoms with Gasteiger partial charge in [-0.05, 0) is 12.8 Å². The molecule has 0 saturated carbocycles. The Morgan fingerprint density at radius 1 is 1.50 bits per heavy atom. The third-order valence-electron chi connectivity index (χ3n) is 1.72. The second-order valence-corrected chi connectivity index (χ2v) is 2.94. The van der Waals surface area contributed by atoms with Crippen LogP contribution in [0.15, 0.2) is 12.3 Å². The summed E-state index contributed by atoms with van der Waals surface area (Å²) in [5.74, 6) is 0. The average Bonchev–Trinajstić information content (AvgIpc) is 2.09. The van der Waals surface area contributed by atoms with Crippen molar-refractivity contribution in [1.29, 1.82) is 0 Å². The van der Waals surface area contributed by atoms with Crippen molar-refractivity contribution < 1.29 is 4.79 Å². The monoisotopic (exact) mass is 169 g/mol. The van der Waals surface area contributed by atoms with Crippen molar-refractivity contribution in [2.24, 2.45) is 0 Å². The van der Waals surface area contributed by atoms with E-state index >= 15 is 0 Å². The van der Waals surface area contributed by atoms with Crippen molar-refractivity contribution in [3.63, 3.8) is 0 Å². The molecular formula is C10H19NO. The Labute approximate surface area is 75.0 Å². The van der Waals surface area contributed by atoms with Gasteiger partial charge in [0.15, 0.2) is 0 Å². The van der Waals surface area contributed by atoms with Crippen molar-refractivity contribution in [1.82, 2.24) is 5.32 Å². The van der Waals surface area contributed by atoms with Crippen LogP contribution in [0.1, 0.15) is 39.0 Å². The molecule has 0 aliphatic carbocycles. The molecule has 0 spiro atoms. The number of aldehydes is 1. The lowest BCUT2D eigenvalue weighted by Gasteiger charge is -2.06. The predicted molar refractivity (Wildman–Crippen MR) is 52.0 cm³/mol. The van der Waals surface area contributed by atoms with Crippen molar-refractivity contribution in [2.75, 3.05) is 6.54 Å². The highest BCUT2D eigenvalue weighted by atomic mass is 16.1. The van der Waals surface area contributed by atoms with Crippen LogP contribution < -0.4 is 5.32 Å². The van der Waals surface area contributed by atoms with Gasteiger partial charge in [-0.15, -0.1) is 0 Å². The SMILES string of the molecule is C=C(CCC=O)NCCCCC. The molecule has 0 heterocycles. The number of rotatable bonds is 8. The van der Waals surface area contributed by atoms with E-state index in [1.54, 1.807) is 0 Å². The Kier molecular flexibility index (Phi) is 7.76. The number of carbonyl (C=O) groups excluding carboxylic acids is 1. The molecule has 12 heavy (non-hydrogen) atoms. The molecule has 70 valence electrons. The number of hydrogen-bond donors (Lipinski definition) is 1. The fourth-order valence-corrected chi connectivity index (χ4v) is 0.962. The third kappa shape index (κ3) is 7.32. The minimum Gasteiger partial charge on any atom is -0.389 e. The van der Waals surface area contributed by atoms with Gasteiger partial charge in [0.2, 0.25) is 0 Å². The number of nitrogens with one attached hydrogen (secondary N) is 1. The first-order valence-corrected chi connectivity index (χ1v) is 4.66. The summed E-state index contributed by atoms with van der Waals surface area (Å²) in [6, 6.07) is 0. The van der Waals surface area contributed by atoms with E-state index in [4.69, 9.17) is 0 Å². The van der Waals surface area contributed by atoms with Gasteiger partial charge in [-0.2, -0.15) is 0 Å². The maximum absolute atomic E-state index is 10.0. The molecule has 0 aromatic rings. The number of hydrogen-bond acceptors (Lipinski definition) is 2. The van der Waals surface area contributed by atoms with Gasteiger partial charge in [0.1, 0.15) is 6.29 Å². The van der Waals surface area contributed by atoms with Gasteiger partial charge >= 0.3 is 0 Å². The van der Waals surface area contributed by atoms with Crippen molar-refractivity contribution in [3.8, 4) is 0 Å². The molecule has 0 unspecified atom stereocenters. The summed E-state index contributed by atoms with van der Waals surface area (Å²) in [5.41, 5.74) is 0.984. The lowest BCUT2D eigenvalue weighted by Crippen LogP contribution is -2.13. The summed E-state index contributed by atoms with van der Waals surface area (Å²) in [7, 11) is 0. The quantitative estimate of drug-likeness (QED) is 0.446. The molecule has 0 aliphatic rings. The first kappa shape index (κ1) is 11.2. The molecular weight excluding hydrogens is 150 g/mol. The van der Waals surface area contributed by atoms with Crippen molar-refractivity contribution in [3.05, 3.63) is 12.3 Å². The van der Waals surface area contributed by atoms with E-state index < -0.39 is 0 Å². The van der Waals surface area contributed by atoms with Crippen LogP contribution in [0.5, 0.6) is 0 Å². The lowest BCUT2D eigenvalue weighted by atomic mass is 10.2. The van der Waals surface area contributed by atoms with Gasteiger partial charge in [-0.1, -0.05) is 26.3 Å². The standard InChI is InChI=1S/C10H19NO/c1-3-4-5-8-11-10(2)7-6-9-12/h9,11H,2-8H2,1H3. The maximum atomic E-state index is 10.0. The Balaban J connectivity index is 3.13. The zero-order valence-corrected chi connectivity index (χ0v) is 7.94. The largest absolute Gasteiger partial charge is 0.389 e. The molecule has 0 aliphatic heterocycles. The predicted octanol–water partition coefficient (Wildman–Crippen LogP) is 2.26. The van der Waals surface area contributed by atoms with Gasteiger partial charge in [-0.25, -0.2) is 0 Å². The highest BCUT2D eigenvalue weighted by Gasteiger charge is 1.91. The summed E-state index contributed by atoms with van der Waals surface area (Å²) in [5, 5.41) is 3.20. The van der Waals surface area contributed by atoms with E-state index in [1.807, 2.05) is 0 Å². The Bertz CT molecular complexity index is 132. The molecule has 0 fully saturated rings. The molecule has 1 N–H and O–H groups in total. The van der Waals surface area contributed by atoms with Gasteiger partial charge in [0.05, 0.1) is 0 Å². The van der Waals surface area contributed by atoms with Crippen LogP contribution in [0.2, 0.25) is 0 Å². The van der Waals surface area contributed by atoms with Crippen LogP contribution in [0.3, 0.4) is 0 Å². The topological polar surface area (TPSA) is 29.1 Å². The summed E-state index contributed by atoms with van der Waals surface area (Å²) >= 11 is 0. The van der Waals surface area contributed by atoms with E-state index in [-0.39, 0.29) is 0 Å². The van der Waals surface area contributed by atoms with Crippen LogP contribution in [-0.2, 0) is 4.79 Å². The summed E-state index contributed by atoms with van der Waals surface area (Å²) < 4.78 is 0. The van der Waals surface area contributed by atoms with Crippen LogP contribution in [-0.4, -0.2) is 12.8 Å². The van der Waals surface area contributed by atoms with E-state index in [0.717, 1.165) is 24.9 Å². The number of allylic oxidation sites excluding steroid dienone is 1. The van der Waals surface area contributed by atoms with E-state index in [0.29, 0.717) is 6.42 Å². The first-order chi connectivity index (χ1) is 5.81. The second-order valence-electron chi connectivity index (χ2n) is 2.94. The second kappa shape index (κ2) is 8.31. The summed E-state index contributed by atoms with van der Waals surface area (Å²) in [6.07, 6.45) is 5.97. The Morgan fingerprint density at radius 2 is 2.25 bits per heavy atom. The highest BCUT2D eigenvalue weighted by molar-refractivity contribution is 5.49. The van der Waals surface area contributed by atoms with Gasteiger partial charge in [0, 0.05) is 18.7 Å². The zero-order valence-electron chi connectivity index (χ0n) is 7.94. The normalized spacial score (nSPS) is 9.42. The molecule has 2 heteroatoms. The number of unbranched alkanes of at least 4 members (excludes halogenated alkanes) is 2. The molecule has 0 rings (SSSR count). The minimum atomic E-state index is 0.583. The van der Waals surface area contributed by atoms with Gasteiger partial charge < -0.3 is 10.1 Å². The minimum absolute atomic E-state index is 0.583. The number of carbonyl (C=O) groups is 1. The molecule has 2 nitrogen and oxygen atoms in total. The average molecular weight is 169 g/mol. The Hall–Kier alpha value is -0.790. The zero-order chi connectivity index (χ0) is 9.23. The summed E-state index contributed by atoms with van der Waals surface area (Å²) in [6.45, 7) is 6.99. The van der Waals surface area contributed by atoms with Crippen LogP contribution in [0.25, 0.3) is 0 Å². The molecule has 0 atom stereocenters. The fraction of sp³-hybridized carbons (Fsp3) is 0.700. The fourth-order valence-electron chi connectivity index (χ4n) is 0.962. The summed E-state index contributed by atoms with van der Waals surface area (Å²) in [4.78, 5) is 10.0. The molecule has 0 radical (unpaired) electrons. The van der Waals surface area contributed by atoms with E-state index in [9.17, 15) is 4.79 Å².